The Bertz CT molecular complexity index is 60.6. The van der Waals surface area contributed by atoms with E-state index >= 15 is 0 Å². The van der Waals surface area contributed by atoms with Gasteiger partial charge in [-0.15, -0.1) is 0 Å². The zero-order valence-corrected chi connectivity index (χ0v) is 7.41. The first kappa shape index (κ1) is 13.9. The molecule has 0 aliphatic heterocycles. The maximum atomic E-state index is 8.48. The molecule has 11 heavy (non-hydrogen) atoms. The molecule has 0 spiro atoms. The smallest absolute Gasteiger partial charge is 0.0558 e. The fourth-order valence-corrected chi connectivity index (χ4v) is 0.760. The van der Waals surface area contributed by atoms with Crippen molar-refractivity contribution in [2.24, 2.45) is 0 Å². The number of nitrogens with zero attached hydrogens (tertiary/aromatic N) is 1. The Kier molecular flexibility index (Phi) is 13.1. The molecular formula is C6H15CoNO3. The second-order valence-electron chi connectivity index (χ2n) is 2.01. The summed E-state index contributed by atoms with van der Waals surface area (Å²) >= 11 is 0. The van der Waals surface area contributed by atoms with Gasteiger partial charge in [-0.05, 0) is 0 Å². The predicted molar refractivity (Wildman–Crippen MR) is 37.7 cm³/mol. The summed E-state index contributed by atoms with van der Waals surface area (Å²) in [5.74, 6) is 0. The summed E-state index contributed by atoms with van der Waals surface area (Å²) in [5.41, 5.74) is 0. The van der Waals surface area contributed by atoms with Crippen LogP contribution in [0.5, 0.6) is 0 Å². The molecule has 0 saturated carbocycles. The van der Waals surface area contributed by atoms with Gasteiger partial charge in [-0.2, -0.15) is 0 Å². The number of hydrogen-bond acceptors (Lipinski definition) is 4. The number of rotatable bonds is 6. The Morgan fingerprint density at radius 3 is 1.18 bits per heavy atom. The van der Waals surface area contributed by atoms with E-state index in [0.717, 1.165) is 0 Å². The van der Waals surface area contributed by atoms with Crippen molar-refractivity contribution in [3.63, 3.8) is 0 Å². The summed E-state index contributed by atoms with van der Waals surface area (Å²) in [6.45, 7) is 1.75. The van der Waals surface area contributed by atoms with Crippen LogP contribution in [-0.4, -0.2) is 59.7 Å². The molecule has 0 aliphatic carbocycles. The number of aliphatic hydroxyl groups is 3. The second-order valence-corrected chi connectivity index (χ2v) is 2.01. The van der Waals surface area contributed by atoms with Crippen molar-refractivity contribution in [3.8, 4) is 0 Å². The van der Waals surface area contributed by atoms with Crippen LogP contribution in [0.3, 0.4) is 0 Å². The summed E-state index contributed by atoms with van der Waals surface area (Å²) in [4.78, 5) is 1.79. The van der Waals surface area contributed by atoms with E-state index in [4.69, 9.17) is 15.3 Å². The Morgan fingerprint density at radius 1 is 0.727 bits per heavy atom. The molecule has 0 saturated heterocycles. The normalized spacial score (nSPS) is 9.82. The van der Waals surface area contributed by atoms with Gasteiger partial charge in [0.15, 0.2) is 0 Å². The van der Waals surface area contributed by atoms with Crippen molar-refractivity contribution in [1.29, 1.82) is 0 Å². The fraction of sp³-hybridized carbons (Fsp3) is 1.00. The van der Waals surface area contributed by atoms with Gasteiger partial charge in [0.25, 0.3) is 0 Å². The minimum atomic E-state index is 0. The quantitative estimate of drug-likeness (QED) is 0.485. The predicted octanol–water partition coefficient (Wildman–Crippen LogP) is -1.74. The molecule has 0 rings (SSSR count). The maximum absolute atomic E-state index is 8.48. The van der Waals surface area contributed by atoms with Crippen molar-refractivity contribution in [1.82, 2.24) is 4.90 Å². The molecular weight excluding hydrogens is 193 g/mol. The third-order valence-corrected chi connectivity index (χ3v) is 1.25. The summed E-state index contributed by atoms with van der Waals surface area (Å²) in [7, 11) is 0. The van der Waals surface area contributed by atoms with Gasteiger partial charge in [0.2, 0.25) is 0 Å². The van der Waals surface area contributed by atoms with E-state index in [-0.39, 0.29) is 36.6 Å². The molecule has 5 heteroatoms. The Labute approximate surface area is 77.0 Å². The second kappa shape index (κ2) is 10.3. The molecule has 0 fully saturated rings. The van der Waals surface area contributed by atoms with Crippen LogP contribution in [0.4, 0.5) is 0 Å². The molecule has 0 unspecified atom stereocenters. The van der Waals surface area contributed by atoms with Gasteiger partial charge < -0.3 is 15.3 Å². The van der Waals surface area contributed by atoms with Crippen LogP contribution < -0.4 is 0 Å². The van der Waals surface area contributed by atoms with Gasteiger partial charge in [0, 0.05) is 36.4 Å². The van der Waals surface area contributed by atoms with Crippen LogP contribution in [0.2, 0.25) is 0 Å². The third kappa shape index (κ3) is 8.25. The van der Waals surface area contributed by atoms with Gasteiger partial charge in [-0.1, -0.05) is 0 Å². The first-order valence-electron chi connectivity index (χ1n) is 3.40. The van der Waals surface area contributed by atoms with E-state index in [2.05, 4.69) is 0 Å². The molecule has 0 heterocycles. The molecule has 0 amide bonds. The summed E-state index contributed by atoms with van der Waals surface area (Å²) in [6.07, 6.45) is 0. The van der Waals surface area contributed by atoms with Gasteiger partial charge in [-0.3, -0.25) is 4.90 Å². The van der Waals surface area contributed by atoms with E-state index in [1.807, 2.05) is 0 Å². The van der Waals surface area contributed by atoms with Crippen LogP contribution in [-0.2, 0) is 16.8 Å². The number of aliphatic hydroxyl groups excluding tert-OH is 3. The zero-order valence-electron chi connectivity index (χ0n) is 6.36. The Hall–Kier alpha value is 0.346. The molecule has 0 aromatic heterocycles. The summed E-state index contributed by atoms with van der Waals surface area (Å²) in [6, 6.07) is 0. The van der Waals surface area contributed by atoms with Crippen molar-refractivity contribution in [2.75, 3.05) is 39.5 Å². The number of hydrogen-bond donors (Lipinski definition) is 3. The van der Waals surface area contributed by atoms with E-state index in [0.29, 0.717) is 19.6 Å². The molecule has 0 atom stereocenters. The van der Waals surface area contributed by atoms with E-state index in [9.17, 15) is 0 Å². The molecule has 71 valence electrons. The molecule has 0 aromatic carbocycles. The topological polar surface area (TPSA) is 63.9 Å². The largest absolute Gasteiger partial charge is 0.395 e. The van der Waals surface area contributed by atoms with Gasteiger partial charge in [0.05, 0.1) is 19.8 Å². The zero-order chi connectivity index (χ0) is 7.82. The molecule has 4 nitrogen and oxygen atoms in total. The van der Waals surface area contributed by atoms with Crippen molar-refractivity contribution >= 4 is 0 Å². The van der Waals surface area contributed by atoms with E-state index in [1.54, 1.807) is 4.90 Å². The average Bonchev–Trinajstić information content (AvgIpc) is 1.90. The van der Waals surface area contributed by atoms with E-state index in [1.165, 1.54) is 0 Å². The molecule has 3 N–H and O–H groups in total. The van der Waals surface area contributed by atoms with Crippen LogP contribution in [0.15, 0.2) is 0 Å². The standard InChI is InChI=1S/C6H15NO3.Co/c8-4-1-7(2-5-9)3-6-10;/h8-10H,1-6H2;. The van der Waals surface area contributed by atoms with Crippen LogP contribution in [0.1, 0.15) is 0 Å². The van der Waals surface area contributed by atoms with Crippen LogP contribution >= 0.6 is 0 Å². The van der Waals surface area contributed by atoms with E-state index < -0.39 is 0 Å². The molecule has 0 aliphatic rings. The third-order valence-electron chi connectivity index (χ3n) is 1.25. The summed E-state index contributed by atoms with van der Waals surface area (Å²) < 4.78 is 0. The van der Waals surface area contributed by atoms with Gasteiger partial charge in [-0.25, -0.2) is 0 Å². The minimum Gasteiger partial charge on any atom is -0.395 e. The SMILES string of the molecule is OCCN(CCO)CCO.[Co]. The average molecular weight is 208 g/mol. The van der Waals surface area contributed by atoms with Gasteiger partial charge >= 0.3 is 0 Å². The minimum absolute atomic E-state index is 0. The van der Waals surface area contributed by atoms with Crippen molar-refractivity contribution in [2.45, 2.75) is 0 Å². The molecule has 1 radical (unpaired) electrons. The Morgan fingerprint density at radius 2 is 1.00 bits per heavy atom. The Balaban J connectivity index is 0. The first-order chi connectivity index (χ1) is 4.85. The monoisotopic (exact) mass is 208 g/mol. The maximum Gasteiger partial charge on any atom is 0.0558 e. The first-order valence-corrected chi connectivity index (χ1v) is 3.40. The van der Waals surface area contributed by atoms with Crippen molar-refractivity contribution in [3.05, 3.63) is 0 Å². The van der Waals surface area contributed by atoms with Gasteiger partial charge in [0.1, 0.15) is 0 Å². The van der Waals surface area contributed by atoms with Crippen LogP contribution in [0.25, 0.3) is 0 Å². The fourth-order valence-electron chi connectivity index (χ4n) is 0.760. The summed E-state index contributed by atoms with van der Waals surface area (Å²) in [5, 5.41) is 25.5. The van der Waals surface area contributed by atoms with Crippen LogP contribution in [0, 0.1) is 0 Å². The van der Waals surface area contributed by atoms with Crippen molar-refractivity contribution < 1.29 is 32.1 Å². The molecule has 0 aromatic rings. The molecule has 0 bridgehead atoms.